The van der Waals surface area contributed by atoms with Crippen molar-refractivity contribution in [2.75, 3.05) is 12.3 Å². The first kappa shape index (κ1) is 17.6. The van der Waals surface area contributed by atoms with Gasteiger partial charge >= 0.3 is 5.97 Å². The summed E-state index contributed by atoms with van der Waals surface area (Å²) < 4.78 is 7.11. The van der Waals surface area contributed by atoms with E-state index in [2.05, 4.69) is 10.1 Å². The molecule has 142 valence electrons. The molecule has 0 aliphatic heterocycles. The summed E-state index contributed by atoms with van der Waals surface area (Å²) in [5.41, 5.74) is 8.59. The summed E-state index contributed by atoms with van der Waals surface area (Å²) in [4.78, 5) is 26.1. The lowest BCUT2D eigenvalue weighted by atomic mass is 10.1. The number of rotatable bonds is 5. The Bertz CT molecular complexity index is 1270. The van der Waals surface area contributed by atoms with E-state index in [0.29, 0.717) is 27.9 Å². The molecule has 0 fully saturated rings. The lowest BCUT2D eigenvalue weighted by molar-refractivity contribution is -0.137. The number of benzene rings is 2. The van der Waals surface area contributed by atoms with Gasteiger partial charge in [-0.3, -0.25) is 9.59 Å². The fraction of sp³-hybridized carbons (Fsp3) is 0.150. The van der Waals surface area contributed by atoms with Crippen molar-refractivity contribution in [3.8, 4) is 11.4 Å². The van der Waals surface area contributed by atoms with Crippen molar-refractivity contribution >= 4 is 33.6 Å². The van der Waals surface area contributed by atoms with Gasteiger partial charge in [0, 0.05) is 10.9 Å². The van der Waals surface area contributed by atoms with Crippen LogP contribution >= 0.6 is 0 Å². The van der Waals surface area contributed by atoms with Gasteiger partial charge in [-0.05, 0) is 25.1 Å². The molecule has 0 amide bonds. The number of nitrogen functional groups attached to an aromatic ring is 1. The molecule has 4 N–H and O–H groups in total. The number of nitrogens with zero attached hydrogens (tertiary/aromatic N) is 2. The number of carbonyl (C=O) groups is 1. The number of hydrogen-bond acceptors (Lipinski definition) is 5. The number of pyridine rings is 1. The van der Waals surface area contributed by atoms with Crippen molar-refractivity contribution in [1.29, 1.82) is 0 Å². The van der Waals surface area contributed by atoms with Gasteiger partial charge in [0.25, 0.3) is 5.56 Å². The molecular weight excluding hydrogens is 360 g/mol. The largest absolute Gasteiger partial charge is 0.493 e. The van der Waals surface area contributed by atoms with E-state index < -0.39 is 5.97 Å². The average Bonchev–Trinajstić information content (AvgIpc) is 3.01. The van der Waals surface area contributed by atoms with E-state index in [1.165, 1.54) is 4.68 Å². The summed E-state index contributed by atoms with van der Waals surface area (Å²) in [6.07, 6.45) is -0.0984. The van der Waals surface area contributed by atoms with Gasteiger partial charge in [0.05, 0.1) is 24.2 Å². The second kappa shape index (κ2) is 6.73. The third-order valence-corrected chi connectivity index (χ3v) is 4.64. The zero-order valence-electron chi connectivity index (χ0n) is 15.1. The molecule has 0 bridgehead atoms. The molecule has 0 radical (unpaired) electrons. The van der Waals surface area contributed by atoms with E-state index in [1.807, 2.05) is 37.3 Å². The fourth-order valence-electron chi connectivity index (χ4n) is 3.25. The number of fused-ring (bicyclic) bond motifs is 3. The summed E-state index contributed by atoms with van der Waals surface area (Å²) in [7, 11) is 0. The fourth-order valence-corrected chi connectivity index (χ4v) is 3.25. The zero-order chi connectivity index (χ0) is 19.8. The highest BCUT2D eigenvalue weighted by atomic mass is 16.5. The maximum absolute atomic E-state index is 12.5. The Balaban J connectivity index is 1.87. The topological polar surface area (TPSA) is 123 Å². The first-order chi connectivity index (χ1) is 13.5. The summed E-state index contributed by atoms with van der Waals surface area (Å²) in [6.45, 7) is 1.89. The minimum Gasteiger partial charge on any atom is -0.493 e. The number of carboxylic acids is 1. The summed E-state index contributed by atoms with van der Waals surface area (Å²) >= 11 is 0. The highest BCUT2D eigenvalue weighted by Gasteiger charge is 2.18. The van der Waals surface area contributed by atoms with E-state index in [4.69, 9.17) is 15.6 Å². The minimum atomic E-state index is -0.928. The first-order valence-electron chi connectivity index (χ1n) is 8.71. The smallest absolute Gasteiger partial charge is 0.306 e. The van der Waals surface area contributed by atoms with Crippen molar-refractivity contribution in [1.82, 2.24) is 14.8 Å². The predicted molar refractivity (Wildman–Crippen MR) is 106 cm³/mol. The third kappa shape index (κ3) is 2.84. The number of H-pyrrole nitrogens is 1. The van der Waals surface area contributed by atoms with E-state index in [1.54, 1.807) is 12.1 Å². The van der Waals surface area contributed by atoms with Crippen LogP contribution in [-0.4, -0.2) is 32.4 Å². The lowest BCUT2D eigenvalue weighted by Crippen LogP contribution is -2.09. The van der Waals surface area contributed by atoms with Crippen LogP contribution < -0.4 is 16.0 Å². The molecule has 0 spiro atoms. The maximum Gasteiger partial charge on any atom is 0.306 e. The van der Waals surface area contributed by atoms with Gasteiger partial charge in [0.1, 0.15) is 22.5 Å². The Morgan fingerprint density at radius 1 is 1.25 bits per heavy atom. The van der Waals surface area contributed by atoms with Crippen LogP contribution in [0.1, 0.15) is 12.0 Å². The normalized spacial score (nSPS) is 11.2. The number of aromatic nitrogens is 3. The molecule has 0 saturated heterocycles. The zero-order valence-corrected chi connectivity index (χ0v) is 15.1. The number of hydrogen-bond donors (Lipinski definition) is 3. The number of aliphatic carboxylic acids is 1. The van der Waals surface area contributed by atoms with Crippen molar-refractivity contribution in [3.63, 3.8) is 0 Å². The van der Waals surface area contributed by atoms with E-state index in [0.717, 1.165) is 10.9 Å². The van der Waals surface area contributed by atoms with Gasteiger partial charge in [-0.1, -0.05) is 24.3 Å². The molecule has 0 aliphatic carbocycles. The van der Waals surface area contributed by atoms with Crippen LogP contribution in [0.15, 0.2) is 47.3 Å². The Labute approximate surface area is 159 Å². The molecule has 0 unspecified atom stereocenters. The highest BCUT2D eigenvalue weighted by molar-refractivity contribution is 6.06. The van der Waals surface area contributed by atoms with Gasteiger partial charge < -0.3 is 20.6 Å². The van der Waals surface area contributed by atoms with Crippen LogP contribution in [0.5, 0.6) is 5.75 Å². The Morgan fingerprint density at radius 3 is 2.82 bits per heavy atom. The van der Waals surface area contributed by atoms with Crippen molar-refractivity contribution in [3.05, 3.63) is 58.4 Å². The Morgan fingerprint density at radius 2 is 2.04 bits per heavy atom. The van der Waals surface area contributed by atoms with E-state index >= 15 is 0 Å². The van der Waals surface area contributed by atoms with Crippen LogP contribution in [0, 0.1) is 6.92 Å². The first-order valence-corrected chi connectivity index (χ1v) is 8.71. The maximum atomic E-state index is 12.5. The molecule has 4 aromatic rings. The number of anilines is 1. The second-order valence-corrected chi connectivity index (χ2v) is 6.41. The molecule has 2 aromatic heterocycles. The van der Waals surface area contributed by atoms with Crippen molar-refractivity contribution < 1.29 is 14.6 Å². The van der Waals surface area contributed by atoms with Crippen molar-refractivity contribution in [2.24, 2.45) is 0 Å². The summed E-state index contributed by atoms with van der Waals surface area (Å²) in [5.74, 6) is -0.160. The lowest BCUT2D eigenvalue weighted by Gasteiger charge is -2.13. The van der Waals surface area contributed by atoms with Crippen LogP contribution in [-0.2, 0) is 4.79 Å². The minimum absolute atomic E-state index is 0.0560. The number of carboxylic acid groups (broad SMARTS) is 1. The molecular formula is C20H18N4O4. The van der Waals surface area contributed by atoms with Crippen LogP contribution in [0.4, 0.5) is 5.82 Å². The standard InChI is InChI=1S/C20H18N4O4/c1-11-14(7-4-8-15(11)28-10-9-16(25)26)24-19(21)17-18(23-24)12-5-2-3-6-13(12)22-20(17)27/h2-8H,9-10,21H2,1H3,(H,22,27)(H,25,26). The predicted octanol–water partition coefficient (Wildman–Crippen LogP) is 2.61. The molecule has 2 heterocycles. The average molecular weight is 378 g/mol. The van der Waals surface area contributed by atoms with Gasteiger partial charge in [0.15, 0.2) is 0 Å². The molecule has 0 atom stereocenters. The summed E-state index contributed by atoms with van der Waals surface area (Å²) in [6, 6.07) is 12.7. The molecule has 2 aromatic carbocycles. The summed E-state index contributed by atoms with van der Waals surface area (Å²) in [5, 5.41) is 14.5. The number of aromatic amines is 1. The van der Waals surface area contributed by atoms with Gasteiger partial charge in [0.2, 0.25) is 0 Å². The van der Waals surface area contributed by atoms with Crippen LogP contribution in [0.2, 0.25) is 0 Å². The molecule has 0 aliphatic rings. The monoisotopic (exact) mass is 378 g/mol. The Hall–Kier alpha value is -3.81. The van der Waals surface area contributed by atoms with Crippen molar-refractivity contribution in [2.45, 2.75) is 13.3 Å². The van der Waals surface area contributed by atoms with E-state index in [9.17, 15) is 9.59 Å². The number of nitrogens with two attached hydrogens (primary N) is 1. The van der Waals surface area contributed by atoms with Gasteiger partial charge in [-0.2, -0.15) is 5.10 Å². The van der Waals surface area contributed by atoms with Gasteiger partial charge in [-0.25, -0.2) is 4.68 Å². The molecule has 28 heavy (non-hydrogen) atoms. The molecule has 4 rings (SSSR count). The van der Waals surface area contributed by atoms with Crippen LogP contribution in [0.25, 0.3) is 27.5 Å². The molecule has 0 saturated carbocycles. The Kier molecular flexibility index (Phi) is 4.23. The SMILES string of the molecule is Cc1c(OCCC(=O)O)cccc1-n1nc2c(c1N)c(=O)[nH]c1ccccc12. The number of ether oxygens (including phenoxy) is 1. The molecule has 8 heteroatoms. The third-order valence-electron chi connectivity index (χ3n) is 4.64. The number of para-hydroxylation sites is 1. The quantitative estimate of drug-likeness (QED) is 0.490. The highest BCUT2D eigenvalue weighted by Crippen LogP contribution is 2.30. The number of nitrogens with one attached hydrogen (secondary N) is 1. The molecule has 8 nitrogen and oxygen atoms in total. The van der Waals surface area contributed by atoms with Crippen LogP contribution in [0.3, 0.4) is 0 Å². The van der Waals surface area contributed by atoms with E-state index in [-0.39, 0.29) is 24.4 Å². The van der Waals surface area contributed by atoms with Gasteiger partial charge in [-0.15, -0.1) is 0 Å². The second-order valence-electron chi connectivity index (χ2n) is 6.41.